The van der Waals surface area contributed by atoms with Crippen LogP contribution in [-0.4, -0.2) is 72.1 Å². The molecule has 0 aliphatic heterocycles. The quantitative estimate of drug-likeness (QED) is 0.137. The van der Waals surface area contributed by atoms with E-state index in [0.717, 1.165) is 0 Å². The van der Waals surface area contributed by atoms with Gasteiger partial charge in [0.1, 0.15) is 0 Å². The van der Waals surface area contributed by atoms with Crippen LogP contribution in [0.4, 0.5) is 92.2 Å². The first-order valence-corrected chi connectivity index (χ1v) is 8.47. The summed E-state index contributed by atoms with van der Waals surface area (Å²) in [6.45, 7) is 0.449. The fraction of sp³-hybridized carbons (Fsp3) is 0.800. The molecule has 0 aromatic heterocycles. The highest BCUT2D eigenvalue weighted by atomic mass is 19.4. The summed E-state index contributed by atoms with van der Waals surface area (Å²) < 4.78 is 281. The van der Waals surface area contributed by atoms with Gasteiger partial charge in [-0.15, -0.1) is 0 Å². The number of rotatable bonds is 11. The number of alkyl halides is 21. The molecule has 0 heterocycles. The maximum atomic E-state index is 13.6. The molecular formula is C15H7F21O2. The van der Waals surface area contributed by atoms with E-state index in [9.17, 15) is 97.0 Å². The minimum absolute atomic E-state index is 0.106. The molecule has 0 aliphatic carbocycles. The van der Waals surface area contributed by atoms with Gasteiger partial charge in [0.15, 0.2) is 0 Å². The summed E-state index contributed by atoms with van der Waals surface area (Å²) in [5, 5.41) is 0. The molecule has 0 bridgehead atoms. The van der Waals surface area contributed by atoms with Crippen molar-refractivity contribution in [1.29, 1.82) is 0 Å². The number of hydrogen-bond acceptors (Lipinski definition) is 2. The Labute approximate surface area is 194 Å². The molecule has 226 valence electrons. The Hall–Kier alpha value is -2.26. The number of halogens is 21. The maximum Gasteiger partial charge on any atom is 0.438 e. The second kappa shape index (κ2) is 9.44. The third kappa shape index (κ3) is 4.70. The van der Waals surface area contributed by atoms with Gasteiger partial charge in [-0.05, 0) is 0 Å². The van der Waals surface area contributed by atoms with Crippen LogP contribution in [0.2, 0.25) is 0 Å². The van der Waals surface area contributed by atoms with Gasteiger partial charge in [0.25, 0.3) is 0 Å². The topological polar surface area (TPSA) is 26.3 Å². The number of carbonyl (C=O) groups excluding carboxylic acids is 1. The Balaban J connectivity index is 6.96. The zero-order chi connectivity index (χ0) is 31.4. The molecule has 0 atom stereocenters. The summed E-state index contributed by atoms with van der Waals surface area (Å²) in [5.74, 6) is -62.3. The Morgan fingerprint density at radius 2 is 0.816 bits per heavy atom. The maximum absolute atomic E-state index is 13.6. The van der Waals surface area contributed by atoms with Crippen molar-refractivity contribution in [2.75, 3.05) is 6.61 Å². The Bertz CT molecular complexity index is 866. The summed E-state index contributed by atoms with van der Waals surface area (Å²) in [6, 6.07) is 0. The van der Waals surface area contributed by atoms with E-state index >= 15 is 0 Å². The molecule has 0 rings (SSSR count). The van der Waals surface area contributed by atoms with E-state index in [4.69, 9.17) is 0 Å². The van der Waals surface area contributed by atoms with Crippen molar-refractivity contribution in [3.8, 4) is 0 Å². The first kappa shape index (κ1) is 35.7. The molecule has 0 aromatic carbocycles. The first-order chi connectivity index (χ1) is 16.2. The minimum atomic E-state index is -9.31. The molecule has 0 aliphatic rings. The third-order valence-corrected chi connectivity index (χ3v) is 4.47. The van der Waals surface area contributed by atoms with E-state index in [-0.39, 0.29) is 6.08 Å². The highest BCUT2D eigenvalue weighted by Gasteiger charge is 2.99. The van der Waals surface area contributed by atoms with E-state index in [1.165, 1.54) is 0 Å². The summed E-state index contributed by atoms with van der Waals surface area (Å²) in [4.78, 5) is 10.6. The van der Waals surface area contributed by atoms with Crippen molar-refractivity contribution in [3.63, 3.8) is 0 Å². The Morgan fingerprint density at radius 3 is 1.11 bits per heavy atom. The van der Waals surface area contributed by atoms with E-state index in [1.54, 1.807) is 0 Å². The average Bonchev–Trinajstić information content (AvgIpc) is 2.69. The van der Waals surface area contributed by atoms with E-state index in [1.807, 2.05) is 0 Å². The molecule has 2 nitrogen and oxygen atoms in total. The van der Waals surface area contributed by atoms with Crippen LogP contribution in [0.15, 0.2) is 12.7 Å². The van der Waals surface area contributed by atoms with Crippen molar-refractivity contribution >= 4 is 5.97 Å². The van der Waals surface area contributed by atoms with E-state index in [0.29, 0.717) is 0 Å². The summed E-state index contributed by atoms with van der Waals surface area (Å²) in [5.41, 5.74) is -8.92. The number of carbonyl (C=O) groups is 1. The second-order valence-corrected chi connectivity index (χ2v) is 6.93. The molecule has 0 saturated heterocycles. The van der Waals surface area contributed by atoms with Crippen LogP contribution >= 0.6 is 0 Å². The number of esters is 1. The van der Waals surface area contributed by atoms with Gasteiger partial charge < -0.3 is 4.74 Å². The zero-order valence-electron chi connectivity index (χ0n) is 17.0. The summed E-state index contributed by atoms with van der Waals surface area (Å²) in [6.07, 6.45) is -19.8. The van der Waals surface area contributed by atoms with Crippen LogP contribution in [0.3, 0.4) is 0 Å². The van der Waals surface area contributed by atoms with Gasteiger partial charge in [-0.3, -0.25) is 0 Å². The van der Waals surface area contributed by atoms with Crippen molar-refractivity contribution in [3.05, 3.63) is 12.7 Å². The predicted octanol–water partition coefficient (Wildman–Crippen LogP) is 7.39. The van der Waals surface area contributed by atoms with Gasteiger partial charge in [-0.2, -0.15) is 87.8 Å². The normalized spacial score (nSPS) is 15.9. The van der Waals surface area contributed by atoms with Crippen molar-refractivity contribution < 1.29 is 102 Å². The van der Waals surface area contributed by atoms with Crippen LogP contribution in [0.5, 0.6) is 0 Å². The molecular weight excluding hydrogens is 611 g/mol. The largest absolute Gasteiger partial charge is 0.462 e. The fourth-order valence-electron chi connectivity index (χ4n) is 2.25. The van der Waals surface area contributed by atoms with Crippen LogP contribution in [0, 0.1) is 0 Å². The van der Waals surface area contributed by atoms with Crippen LogP contribution < -0.4 is 0 Å². The third-order valence-electron chi connectivity index (χ3n) is 4.47. The standard InChI is InChI=1S/C15H7F21O2/c1-2-5(37)38-4-3-6(16,17)8(19,20)10(23,24)12(27,28)13(29,30)11(25,26)9(21,22)7(18,14(31,32)33)15(34,35)36/h2H,1,3-4H2. The van der Waals surface area contributed by atoms with Gasteiger partial charge in [0.2, 0.25) is 0 Å². The summed E-state index contributed by atoms with van der Waals surface area (Å²) >= 11 is 0. The molecule has 38 heavy (non-hydrogen) atoms. The molecule has 0 saturated carbocycles. The first-order valence-electron chi connectivity index (χ1n) is 8.47. The molecule has 0 amide bonds. The van der Waals surface area contributed by atoms with Gasteiger partial charge >= 0.3 is 65.4 Å². The average molecular weight is 618 g/mol. The highest BCUT2D eigenvalue weighted by Crippen LogP contribution is 2.67. The van der Waals surface area contributed by atoms with E-state index < -0.39 is 78.5 Å². The van der Waals surface area contributed by atoms with E-state index in [2.05, 4.69) is 11.3 Å². The lowest BCUT2D eigenvalue weighted by Crippen LogP contribution is -2.78. The van der Waals surface area contributed by atoms with Gasteiger partial charge in [-0.25, -0.2) is 9.18 Å². The van der Waals surface area contributed by atoms with Crippen LogP contribution in [-0.2, 0) is 9.53 Å². The predicted molar refractivity (Wildman–Crippen MR) is 76.4 cm³/mol. The van der Waals surface area contributed by atoms with Gasteiger partial charge in [-0.1, -0.05) is 6.58 Å². The monoisotopic (exact) mass is 618 g/mol. The molecule has 0 aromatic rings. The van der Waals surface area contributed by atoms with Crippen molar-refractivity contribution in [1.82, 2.24) is 0 Å². The van der Waals surface area contributed by atoms with Crippen molar-refractivity contribution in [2.24, 2.45) is 0 Å². The SMILES string of the molecule is C=CC(=O)OCCC(F)(F)C(F)(F)C(F)(F)C(F)(F)C(F)(F)C(F)(F)C(F)(F)C(F)(C(F)(F)F)C(F)(F)F. The molecule has 0 radical (unpaired) electrons. The smallest absolute Gasteiger partial charge is 0.438 e. The lowest BCUT2D eigenvalue weighted by atomic mass is 9.83. The minimum Gasteiger partial charge on any atom is -0.462 e. The lowest BCUT2D eigenvalue weighted by molar-refractivity contribution is -0.477. The lowest BCUT2D eigenvalue weighted by Gasteiger charge is -2.45. The molecule has 0 fully saturated rings. The van der Waals surface area contributed by atoms with Crippen LogP contribution in [0.25, 0.3) is 0 Å². The molecule has 23 heteroatoms. The van der Waals surface area contributed by atoms with Crippen molar-refractivity contribution in [2.45, 2.75) is 65.9 Å². The highest BCUT2D eigenvalue weighted by molar-refractivity contribution is 5.81. The number of ether oxygens (including phenoxy) is 1. The van der Waals surface area contributed by atoms with Gasteiger partial charge in [0.05, 0.1) is 13.0 Å². The fourth-order valence-corrected chi connectivity index (χ4v) is 2.25. The zero-order valence-corrected chi connectivity index (χ0v) is 17.0. The summed E-state index contributed by atoms with van der Waals surface area (Å²) in [7, 11) is 0. The Morgan fingerprint density at radius 1 is 0.526 bits per heavy atom. The second-order valence-electron chi connectivity index (χ2n) is 6.93. The molecule has 0 unspecified atom stereocenters. The van der Waals surface area contributed by atoms with Crippen LogP contribution in [0.1, 0.15) is 6.42 Å². The Kier molecular flexibility index (Phi) is 8.87. The molecule has 0 N–H and O–H groups in total. The number of hydrogen-bond donors (Lipinski definition) is 0. The molecule has 0 spiro atoms. The van der Waals surface area contributed by atoms with Gasteiger partial charge in [0, 0.05) is 6.08 Å².